The fourth-order valence-electron chi connectivity index (χ4n) is 0.770. The maximum atomic E-state index is 10.8. The molecule has 0 rings (SSSR count). The van der Waals surface area contributed by atoms with Crippen molar-refractivity contribution in [3.8, 4) is 0 Å². The second-order valence-electron chi connectivity index (χ2n) is 3.05. The molecule has 0 aromatic heterocycles. The molecule has 0 aromatic rings. The number of hydrogen-bond acceptors (Lipinski definition) is 3. The van der Waals surface area contributed by atoms with Crippen LogP contribution >= 0.6 is 0 Å². The van der Waals surface area contributed by atoms with Crippen LogP contribution < -0.4 is 5.32 Å². The summed E-state index contributed by atoms with van der Waals surface area (Å²) in [6.07, 6.45) is 1.01. The van der Waals surface area contributed by atoms with Gasteiger partial charge in [-0.2, -0.15) is 8.42 Å². The van der Waals surface area contributed by atoms with Gasteiger partial charge in [0.25, 0.3) is 5.75 Å². The van der Waals surface area contributed by atoms with Crippen LogP contribution in [0.2, 0.25) is 0 Å². The zero-order chi connectivity index (χ0) is 10.7. The summed E-state index contributed by atoms with van der Waals surface area (Å²) in [5.41, 5.74) is -1.13. The van der Waals surface area contributed by atoms with Gasteiger partial charge in [0, 0.05) is 13.8 Å². The van der Waals surface area contributed by atoms with Crippen LogP contribution in [0.5, 0.6) is 0 Å². The van der Waals surface area contributed by atoms with Crippen molar-refractivity contribution >= 4 is 16.0 Å². The minimum Gasteiger partial charge on any atom is -0.309 e. The Bertz CT molecular complexity index is 304. The first kappa shape index (κ1) is 12.0. The fraction of sp³-hybridized carbons (Fsp3) is 0.429. The van der Waals surface area contributed by atoms with Gasteiger partial charge in [-0.3, -0.25) is 9.35 Å². The summed E-state index contributed by atoms with van der Waals surface area (Å²) in [7, 11) is -4.21. The molecule has 6 heteroatoms. The number of rotatable bonds is 4. The Morgan fingerprint density at radius 1 is 1.62 bits per heavy atom. The standard InChI is InChI=1S/C7H11NO4S/c1-4-6(9)8-7(2,3)5-13(10,11)12/h4-5H,1H2,2-3H3,(H-,8,9,10,11,12)/p+1. The molecular weight excluding hydrogens is 194 g/mol. The molecule has 13 heavy (non-hydrogen) atoms. The molecule has 0 fully saturated rings. The Morgan fingerprint density at radius 2 is 2.08 bits per heavy atom. The summed E-state index contributed by atoms with van der Waals surface area (Å²) < 4.78 is 29.4. The Morgan fingerprint density at radius 3 is 2.38 bits per heavy atom. The van der Waals surface area contributed by atoms with Crippen LogP contribution in [0.25, 0.3) is 0 Å². The molecule has 5 nitrogen and oxygen atoms in total. The second-order valence-corrected chi connectivity index (χ2v) is 4.31. The van der Waals surface area contributed by atoms with Crippen LogP contribution in [0.1, 0.15) is 13.8 Å². The topological polar surface area (TPSA) is 83.5 Å². The minimum absolute atomic E-state index is 0.509. The van der Waals surface area contributed by atoms with Gasteiger partial charge in [-0.1, -0.05) is 6.58 Å². The lowest BCUT2D eigenvalue weighted by Gasteiger charge is -2.14. The summed E-state index contributed by atoms with van der Waals surface area (Å²) in [6, 6.07) is 0. The van der Waals surface area contributed by atoms with Crippen molar-refractivity contribution in [2.75, 3.05) is 0 Å². The molecule has 0 heterocycles. The number of hydrogen-bond donors (Lipinski definition) is 2. The Balaban J connectivity index is 4.41. The van der Waals surface area contributed by atoms with Crippen LogP contribution in [0.4, 0.5) is 0 Å². The molecule has 2 N–H and O–H groups in total. The predicted molar refractivity (Wildman–Crippen MR) is 48.3 cm³/mol. The number of carbonyl (C=O) groups is 1. The molecule has 0 aliphatic heterocycles. The lowest BCUT2D eigenvalue weighted by Crippen LogP contribution is -2.44. The zero-order valence-corrected chi connectivity index (χ0v) is 8.26. The summed E-state index contributed by atoms with van der Waals surface area (Å²) in [4.78, 5) is 10.8. The Hall–Kier alpha value is -1.01. The largest absolute Gasteiger partial charge is 0.424 e. The van der Waals surface area contributed by atoms with Gasteiger partial charge in [0.2, 0.25) is 5.91 Å². The molecule has 74 valence electrons. The fourth-order valence-corrected chi connectivity index (χ4v) is 1.57. The van der Waals surface area contributed by atoms with Crippen molar-refractivity contribution < 1.29 is 17.8 Å². The highest BCUT2D eigenvalue weighted by Crippen LogP contribution is 2.10. The first-order valence-corrected chi connectivity index (χ1v) is 4.94. The van der Waals surface area contributed by atoms with E-state index in [1.165, 1.54) is 13.8 Å². The van der Waals surface area contributed by atoms with Gasteiger partial charge in [-0.15, -0.1) is 0 Å². The van der Waals surface area contributed by atoms with Crippen molar-refractivity contribution in [2.45, 2.75) is 19.4 Å². The van der Waals surface area contributed by atoms with Gasteiger partial charge >= 0.3 is 10.1 Å². The molecule has 0 saturated carbocycles. The maximum absolute atomic E-state index is 10.8. The van der Waals surface area contributed by atoms with Gasteiger partial charge in [0.05, 0.1) is 0 Å². The van der Waals surface area contributed by atoms with Crippen molar-refractivity contribution in [2.24, 2.45) is 0 Å². The third-order valence-corrected chi connectivity index (χ3v) is 1.96. The molecule has 0 aromatic carbocycles. The smallest absolute Gasteiger partial charge is 0.309 e. The summed E-state index contributed by atoms with van der Waals surface area (Å²) in [5.74, 6) is 0.131. The van der Waals surface area contributed by atoms with Gasteiger partial charge in [-0.05, 0) is 6.08 Å². The van der Waals surface area contributed by atoms with Crippen molar-refractivity contribution in [1.29, 1.82) is 0 Å². The van der Waals surface area contributed by atoms with E-state index >= 15 is 0 Å². The molecule has 0 radical (unpaired) electrons. The van der Waals surface area contributed by atoms with E-state index in [2.05, 4.69) is 11.9 Å². The van der Waals surface area contributed by atoms with E-state index in [-0.39, 0.29) is 0 Å². The van der Waals surface area contributed by atoms with Gasteiger partial charge in [-0.25, -0.2) is 0 Å². The molecule has 0 atom stereocenters. The van der Waals surface area contributed by atoms with E-state index in [1.807, 2.05) is 0 Å². The maximum Gasteiger partial charge on any atom is 0.424 e. The first-order chi connectivity index (χ1) is 5.66. The van der Waals surface area contributed by atoms with Crippen molar-refractivity contribution in [3.63, 3.8) is 0 Å². The summed E-state index contributed by atoms with van der Waals surface area (Å²) in [6.45, 7) is 6.07. The van der Waals surface area contributed by atoms with Gasteiger partial charge in [0.1, 0.15) is 0 Å². The highest BCUT2D eigenvalue weighted by Gasteiger charge is 2.36. The lowest BCUT2D eigenvalue weighted by molar-refractivity contribution is -0.117. The van der Waals surface area contributed by atoms with Crippen molar-refractivity contribution in [1.82, 2.24) is 5.32 Å². The van der Waals surface area contributed by atoms with Crippen LogP contribution in [0.3, 0.4) is 0 Å². The molecular formula is C7H12NO4S+. The second kappa shape index (κ2) is 3.80. The molecule has 0 aliphatic carbocycles. The van der Waals surface area contributed by atoms with Gasteiger partial charge < -0.3 is 5.32 Å². The molecule has 0 aliphatic rings. The third-order valence-electron chi connectivity index (χ3n) is 1.07. The summed E-state index contributed by atoms with van der Waals surface area (Å²) >= 11 is 0. The Labute approximate surface area is 77.6 Å². The number of nitrogens with one attached hydrogen (secondary N) is 1. The Kier molecular flexibility index (Phi) is 3.50. The molecule has 0 bridgehead atoms. The zero-order valence-electron chi connectivity index (χ0n) is 7.44. The molecule has 0 spiro atoms. The van der Waals surface area contributed by atoms with Crippen molar-refractivity contribution in [3.05, 3.63) is 18.4 Å². The third kappa shape index (κ3) is 6.18. The van der Waals surface area contributed by atoms with Crippen LogP contribution in [-0.4, -0.2) is 24.4 Å². The van der Waals surface area contributed by atoms with E-state index in [4.69, 9.17) is 4.55 Å². The van der Waals surface area contributed by atoms with E-state index in [0.717, 1.165) is 6.08 Å². The SMILES string of the molecule is C=CC(=O)NC(C)(C)[CH+]S(=O)(=O)O. The summed E-state index contributed by atoms with van der Waals surface area (Å²) in [5, 5.41) is 2.31. The average molecular weight is 206 g/mol. The monoisotopic (exact) mass is 206 g/mol. The van der Waals surface area contributed by atoms with E-state index in [9.17, 15) is 13.2 Å². The van der Waals surface area contributed by atoms with E-state index in [1.54, 1.807) is 0 Å². The number of amides is 1. The van der Waals surface area contributed by atoms with Crippen LogP contribution in [-0.2, 0) is 14.9 Å². The van der Waals surface area contributed by atoms with Gasteiger partial charge in [0.15, 0.2) is 5.54 Å². The predicted octanol–water partition coefficient (Wildman–Crippen LogP) is 0.117. The van der Waals surface area contributed by atoms with Crippen LogP contribution in [0, 0.1) is 5.75 Å². The minimum atomic E-state index is -4.21. The average Bonchev–Trinajstić information content (AvgIpc) is 1.80. The lowest BCUT2D eigenvalue weighted by atomic mass is 10.1. The van der Waals surface area contributed by atoms with E-state index < -0.39 is 21.6 Å². The number of carbonyl (C=O) groups excluding carboxylic acids is 1. The normalized spacial score (nSPS) is 11.9. The highest BCUT2D eigenvalue weighted by molar-refractivity contribution is 7.87. The van der Waals surface area contributed by atoms with E-state index in [0.29, 0.717) is 5.75 Å². The quantitative estimate of drug-likeness (QED) is 0.388. The molecule has 0 saturated heterocycles. The highest BCUT2D eigenvalue weighted by atomic mass is 32.2. The molecule has 1 amide bonds. The molecule has 0 unspecified atom stereocenters. The van der Waals surface area contributed by atoms with Crippen LogP contribution in [0.15, 0.2) is 12.7 Å². The first-order valence-electron chi connectivity index (χ1n) is 3.44.